The number of nitro benzene ring substituents is 1. The number of amides is 2. The van der Waals surface area contributed by atoms with Crippen molar-refractivity contribution in [3.05, 3.63) is 67.6 Å². The Kier molecular flexibility index (Phi) is 5.35. The zero-order valence-corrected chi connectivity index (χ0v) is 13.5. The molecule has 0 aliphatic heterocycles. The van der Waals surface area contributed by atoms with E-state index >= 15 is 0 Å². The highest BCUT2D eigenvalue weighted by molar-refractivity contribution is 9.10. The van der Waals surface area contributed by atoms with Crippen molar-refractivity contribution in [2.75, 3.05) is 5.32 Å². The van der Waals surface area contributed by atoms with E-state index in [1.54, 1.807) is 0 Å². The van der Waals surface area contributed by atoms with E-state index in [0.717, 1.165) is 10.0 Å². The zero-order chi connectivity index (χ0) is 16.1. The lowest BCUT2D eigenvalue weighted by Crippen LogP contribution is -2.28. The van der Waals surface area contributed by atoms with Crippen LogP contribution in [0.3, 0.4) is 0 Å². The number of nitro groups is 1. The molecular weight excluding hydrogens is 374 g/mol. The van der Waals surface area contributed by atoms with Gasteiger partial charge in [0, 0.05) is 23.2 Å². The first kappa shape index (κ1) is 16.3. The van der Waals surface area contributed by atoms with Crippen molar-refractivity contribution in [1.82, 2.24) is 5.32 Å². The van der Waals surface area contributed by atoms with Gasteiger partial charge in [-0.3, -0.25) is 10.1 Å². The Balaban J connectivity index is 1.98. The summed E-state index contributed by atoms with van der Waals surface area (Å²) in [5.41, 5.74) is 0.959. The standard InChI is InChI=1S/C14H11BrClN3O3/c15-10-3-1-9(2-4-10)8-17-14(20)18-13-7-11(19(21)22)5-6-12(13)16/h1-7H,8H2,(H2,17,18,20). The molecule has 2 aromatic rings. The predicted molar refractivity (Wildman–Crippen MR) is 88.1 cm³/mol. The number of hydrogen-bond acceptors (Lipinski definition) is 3. The molecule has 22 heavy (non-hydrogen) atoms. The third kappa shape index (κ3) is 4.44. The van der Waals surface area contributed by atoms with Crippen LogP contribution < -0.4 is 10.6 Å². The van der Waals surface area contributed by atoms with Gasteiger partial charge in [-0.1, -0.05) is 39.7 Å². The molecule has 0 radical (unpaired) electrons. The maximum absolute atomic E-state index is 11.8. The van der Waals surface area contributed by atoms with Crippen LogP contribution in [0, 0.1) is 10.1 Å². The molecule has 6 nitrogen and oxygen atoms in total. The Morgan fingerprint density at radius 1 is 1.23 bits per heavy atom. The molecule has 0 atom stereocenters. The van der Waals surface area contributed by atoms with Crippen LogP contribution in [-0.2, 0) is 6.54 Å². The van der Waals surface area contributed by atoms with Crippen LogP contribution in [0.25, 0.3) is 0 Å². The van der Waals surface area contributed by atoms with Crippen LogP contribution in [0.5, 0.6) is 0 Å². The molecule has 0 bridgehead atoms. The summed E-state index contributed by atoms with van der Waals surface area (Å²) in [6, 6.07) is 10.8. The Hall–Kier alpha value is -2.12. The third-order valence-electron chi connectivity index (χ3n) is 2.78. The van der Waals surface area contributed by atoms with Gasteiger partial charge in [-0.25, -0.2) is 4.79 Å². The molecule has 2 rings (SSSR count). The first-order valence-electron chi connectivity index (χ1n) is 6.19. The molecule has 114 valence electrons. The van der Waals surface area contributed by atoms with Crippen LogP contribution in [0.15, 0.2) is 46.9 Å². The quantitative estimate of drug-likeness (QED) is 0.608. The van der Waals surface area contributed by atoms with Crippen molar-refractivity contribution in [2.45, 2.75) is 6.54 Å². The molecule has 0 heterocycles. The molecule has 2 N–H and O–H groups in total. The number of urea groups is 1. The number of halogens is 2. The van der Waals surface area contributed by atoms with E-state index in [0.29, 0.717) is 6.54 Å². The summed E-state index contributed by atoms with van der Waals surface area (Å²) in [7, 11) is 0. The van der Waals surface area contributed by atoms with E-state index in [9.17, 15) is 14.9 Å². The first-order chi connectivity index (χ1) is 10.5. The van der Waals surface area contributed by atoms with Gasteiger partial charge in [0.05, 0.1) is 15.6 Å². The molecule has 0 saturated carbocycles. The Morgan fingerprint density at radius 2 is 1.91 bits per heavy atom. The lowest BCUT2D eigenvalue weighted by atomic mass is 10.2. The Bertz CT molecular complexity index is 707. The summed E-state index contributed by atoms with van der Waals surface area (Å²) in [4.78, 5) is 22.0. The summed E-state index contributed by atoms with van der Waals surface area (Å²) in [6.45, 7) is 0.325. The molecule has 0 aliphatic rings. The predicted octanol–water partition coefficient (Wildman–Crippen LogP) is 4.33. The van der Waals surface area contributed by atoms with Gasteiger partial charge >= 0.3 is 6.03 Å². The van der Waals surface area contributed by atoms with Crippen LogP contribution in [0.4, 0.5) is 16.2 Å². The number of benzene rings is 2. The normalized spacial score (nSPS) is 10.1. The number of rotatable bonds is 4. The fourth-order valence-electron chi connectivity index (χ4n) is 1.67. The highest BCUT2D eigenvalue weighted by Crippen LogP contribution is 2.26. The fourth-order valence-corrected chi connectivity index (χ4v) is 2.10. The van der Waals surface area contributed by atoms with Gasteiger partial charge < -0.3 is 10.6 Å². The maximum Gasteiger partial charge on any atom is 0.319 e. The van der Waals surface area contributed by atoms with E-state index < -0.39 is 11.0 Å². The summed E-state index contributed by atoms with van der Waals surface area (Å²) in [5, 5.41) is 16.1. The second-order valence-corrected chi connectivity index (χ2v) is 5.68. The molecule has 0 aromatic heterocycles. The van der Waals surface area contributed by atoms with Gasteiger partial charge in [-0.2, -0.15) is 0 Å². The summed E-state index contributed by atoms with van der Waals surface area (Å²) >= 11 is 9.24. The van der Waals surface area contributed by atoms with Gasteiger partial charge in [0.2, 0.25) is 0 Å². The van der Waals surface area contributed by atoms with Crippen LogP contribution in [0.1, 0.15) is 5.56 Å². The summed E-state index contributed by atoms with van der Waals surface area (Å²) < 4.78 is 0.948. The van der Waals surface area contributed by atoms with Crippen LogP contribution >= 0.6 is 27.5 Å². The molecular formula is C14H11BrClN3O3. The van der Waals surface area contributed by atoms with E-state index in [2.05, 4.69) is 26.6 Å². The monoisotopic (exact) mass is 383 g/mol. The highest BCUT2D eigenvalue weighted by Gasteiger charge is 2.11. The highest BCUT2D eigenvalue weighted by atomic mass is 79.9. The molecule has 0 saturated heterocycles. The number of non-ortho nitro benzene ring substituents is 1. The number of nitrogens with one attached hydrogen (secondary N) is 2. The second kappa shape index (κ2) is 7.24. The van der Waals surface area contributed by atoms with Gasteiger partial charge in [0.1, 0.15) is 0 Å². The molecule has 0 unspecified atom stereocenters. The van der Waals surface area contributed by atoms with Gasteiger partial charge in [-0.05, 0) is 23.8 Å². The van der Waals surface area contributed by atoms with E-state index in [-0.39, 0.29) is 16.4 Å². The topological polar surface area (TPSA) is 84.3 Å². The Labute approximate surface area is 139 Å². The second-order valence-electron chi connectivity index (χ2n) is 4.36. The number of nitrogens with zero attached hydrogens (tertiary/aromatic N) is 1. The van der Waals surface area contributed by atoms with Crippen LogP contribution in [0.2, 0.25) is 5.02 Å². The van der Waals surface area contributed by atoms with E-state index in [1.807, 2.05) is 24.3 Å². The summed E-state index contributed by atoms with van der Waals surface area (Å²) in [5.74, 6) is 0. The lowest BCUT2D eigenvalue weighted by Gasteiger charge is -2.09. The number of hydrogen-bond donors (Lipinski definition) is 2. The van der Waals surface area contributed by atoms with Crippen molar-refractivity contribution >= 4 is 44.9 Å². The fraction of sp³-hybridized carbons (Fsp3) is 0.0714. The van der Waals surface area contributed by atoms with Crippen molar-refractivity contribution in [3.8, 4) is 0 Å². The molecule has 0 spiro atoms. The van der Waals surface area contributed by atoms with Crippen molar-refractivity contribution < 1.29 is 9.72 Å². The average molecular weight is 385 g/mol. The minimum Gasteiger partial charge on any atom is -0.334 e. The maximum atomic E-state index is 11.8. The molecule has 2 amide bonds. The number of anilines is 1. The van der Waals surface area contributed by atoms with Gasteiger partial charge in [-0.15, -0.1) is 0 Å². The molecule has 2 aromatic carbocycles. The number of carbonyl (C=O) groups is 1. The van der Waals surface area contributed by atoms with E-state index in [4.69, 9.17) is 11.6 Å². The lowest BCUT2D eigenvalue weighted by molar-refractivity contribution is -0.384. The first-order valence-corrected chi connectivity index (χ1v) is 7.36. The smallest absolute Gasteiger partial charge is 0.319 e. The zero-order valence-electron chi connectivity index (χ0n) is 11.2. The van der Waals surface area contributed by atoms with E-state index in [1.165, 1.54) is 18.2 Å². The molecule has 8 heteroatoms. The minimum absolute atomic E-state index is 0.146. The van der Waals surface area contributed by atoms with Crippen molar-refractivity contribution in [2.24, 2.45) is 0 Å². The van der Waals surface area contributed by atoms with Crippen molar-refractivity contribution in [3.63, 3.8) is 0 Å². The summed E-state index contributed by atoms with van der Waals surface area (Å²) in [6.07, 6.45) is 0. The largest absolute Gasteiger partial charge is 0.334 e. The number of carbonyl (C=O) groups excluding carboxylic acids is 1. The Morgan fingerprint density at radius 3 is 2.55 bits per heavy atom. The van der Waals surface area contributed by atoms with Crippen LogP contribution in [-0.4, -0.2) is 11.0 Å². The molecule has 0 fully saturated rings. The minimum atomic E-state index is -0.554. The van der Waals surface area contributed by atoms with Gasteiger partial charge in [0.15, 0.2) is 0 Å². The van der Waals surface area contributed by atoms with Crippen molar-refractivity contribution in [1.29, 1.82) is 0 Å². The third-order valence-corrected chi connectivity index (χ3v) is 3.63. The average Bonchev–Trinajstić information content (AvgIpc) is 2.48. The van der Waals surface area contributed by atoms with Gasteiger partial charge in [0.25, 0.3) is 5.69 Å². The molecule has 0 aliphatic carbocycles. The SMILES string of the molecule is O=C(NCc1ccc(Br)cc1)Nc1cc([N+](=O)[O-])ccc1Cl.